The van der Waals surface area contributed by atoms with Gasteiger partial charge in [-0.15, -0.1) is 0 Å². The lowest BCUT2D eigenvalue weighted by atomic mass is 10.0. The van der Waals surface area contributed by atoms with Crippen LogP contribution in [0.25, 0.3) is 11.0 Å². The standard InChI is InChI=1S/C25H26N8O/c1-31-9-11-32(12-10-31)19-7-8-22(26-15-19)29-25-28-14-18-13-20-24(34)27-16-21(33(20)23(18)30-25)17-5-3-2-4-6-17/h2-8,13-15,21H,9-12,16H2,1H3,(H,27,34)(H,26,28,29,30)/t21-/m1/s1. The van der Waals surface area contributed by atoms with E-state index in [9.17, 15) is 4.79 Å². The topological polar surface area (TPSA) is 91.2 Å². The van der Waals surface area contributed by atoms with Crippen LogP contribution in [0.3, 0.4) is 0 Å². The molecule has 1 saturated heterocycles. The lowest BCUT2D eigenvalue weighted by Crippen LogP contribution is -2.44. The monoisotopic (exact) mass is 454 g/mol. The van der Waals surface area contributed by atoms with Crippen molar-refractivity contribution in [3.05, 3.63) is 72.2 Å². The summed E-state index contributed by atoms with van der Waals surface area (Å²) in [5, 5.41) is 7.05. The number of likely N-dealkylation sites (N-methyl/N-ethyl adjacent to an activating group) is 1. The second-order valence-corrected chi connectivity index (χ2v) is 8.83. The van der Waals surface area contributed by atoms with Crippen LogP contribution in [-0.4, -0.2) is 70.1 Å². The molecule has 5 heterocycles. The van der Waals surface area contributed by atoms with Crippen molar-refractivity contribution < 1.29 is 4.79 Å². The maximum Gasteiger partial charge on any atom is 0.268 e. The van der Waals surface area contributed by atoms with Crippen LogP contribution < -0.4 is 15.5 Å². The highest BCUT2D eigenvalue weighted by Gasteiger charge is 2.29. The van der Waals surface area contributed by atoms with Gasteiger partial charge in [-0.25, -0.2) is 9.97 Å². The quantitative estimate of drug-likeness (QED) is 0.490. The number of anilines is 3. The summed E-state index contributed by atoms with van der Waals surface area (Å²) < 4.78 is 2.01. The van der Waals surface area contributed by atoms with Crippen molar-refractivity contribution >= 4 is 34.4 Å². The first kappa shape index (κ1) is 20.6. The summed E-state index contributed by atoms with van der Waals surface area (Å²) in [5.41, 5.74) is 3.56. The van der Waals surface area contributed by atoms with Gasteiger partial charge in [-0.2, -0.15) is 4.98 Å². The van der Waals surface area contributed by atoms with Gasteiger partial charge >= 0.3 is 0 Å². The number of benzene rings is 1. The van der Waals surface area contributed by atoms with E-state index in [1.54, 1.807) is 6.20 Å². The number of pyridine rings is 1. The molecule has 0 aliphatic carbocycles. The van der Waals surface area contributed by atoms with E-state index in [1.165, 1.54) is 0 Å². The van der Waals surface area contributed by atoms with E-state index in [1.807, 2.05) is 41.1 Å². The third-order valence-electron chi connectivity index (χ3n) is 6.62. The van der Waals surface area contributed by atoms with Crippen molar-refractivity contribution in [3.8, 4) is 0 Å². The Morgan fingerprint density at radius 3 is 2.59 bits per heavy atom. The molecule has 2 aliphatic heterocycles. The molecule has 3 aromatic heterocycles. The van der Waals surface area contributed by atoms with Gasteiger partial charge in [0.1, 0.15) is 17.2 Å². The van der Waals surface area contributed by atoms with Crippen LogP contribution >= 0.6 is 0 Å². The number of nitrogens with one attached hydrogen (secondary N) is 2. The van der Waals surface area contributed by atoms with E-state index >= 15 is 0 Å². The van der Waals surface area contributed by atoms with Crippen molar-refractivity contribution in [1.82, 2.24) is 29.7 Å². The molecule has 4 aromatic rings. The Morgan fingerprint density at radius 2 is 1.82 bits per heavy atom. The Labute approximate surface area is 197 Å². The number of amides is 1. The predicted molar refractivity (Wildman–Crippen MR) is 132 cm³/mol. The zero-order valence-corrected chi connectivity index (χ0v) is 19.0. The molecule has 0 radical (unpaired) electrons. The van der Waals surface area contributed by atoms with Crippen LogP contribution in [0.1, 0.15) is 22.1 Å². The summed E-state index contributed by atoms with van der Waals surface area (Å²) in [5.74, 6) is 1.03. The molecule has 0 bridgehead atoms. The normalized spacial score (nSPS) is 18.6. The van der Waals surface area contributed by atoms with Gasteiger partial charge < -0.3 is 25.0 Å². The number of aromatic nitrogens is 4. The minimum atomic E-state index is -0.0964. The van der Waals surface area contributed by atoms with Gasteiger partial charge in [0.05, 0.1) is 17.9 Å². The molecule has 0 spiro atoms. The molecule has 9 nitrogen and oxygen atoms in total. The first-order valence-electron chi connectivity index (χ1n) is 11.5. The molecule has 9 heteroatoms. The highest BCUT2D eigenvalue weighted by Crippen LogP contribution is 2.30. The van der Waals surface area contributed by atoms with Gasteiger partial charge in [0.15, 0.2) is 0 Å². The summed E-state index contributed by atoms with van der Waals surface area (Å²) in [7, 11) is 2.15. The Balaban J connectivity index is 1.29. The fourth-order valence-electron chi connectivity index (χ4n) is 4.70. The molecule has 1 amide bonds. The number of piperazine rings is 1. The zero-order valence-electron chi connectivity index (χ0n) is 19.0. The van der Waals surface area contributed by atoms with Gasteiger partial charge in [-0.05, 0) is 30.8 Å². The van der Waals surface area contributed by atoms with E-state index in [2.05, 4.69) is 55.6 Å². The third kappa shape index (κ3) is 3.73. The Kier molecular flexibility index (Phi) is 5.10. The number of carbonyl (C=O) groups is 1. The summed E-state index contributed by atoms with van der Waals surface area (Å²) in [6.45, 7) is 4.62. The Bertz CT molecular complexity index is 1330. The number of hydrogen-bond donors (Lipinski definition) is 2. The maximum absolute atomic E-state index is 12.6. The van der Waals surface area contributed by atoms with E-state index in [0.29, 0.717) is 24.0 Å². The minimum absolute atomic E-state index is 0.0323. The number of nitrogens with zero attached hydrogens (tertiary/aromatic N) is 6. The largest absolute Gasteiger partial charge is 0.368 e. The predicted octanol–water partition coefficient (Wildman–Crippen LogP) is 2.65. The fraction of sp³-hybridized carbons (Fsp3) is 0.280. The smallest absolute Gasteiger partial charge is 0.268 e. The van der Waals surface area contributed by atoms with Crippen LogP contribution in [0, 0.1) is 0 Å². The van der Waals surface area contributed by atoms with Gasteiger partial charge in [0, 0.05) is 44.3 Å². The van der Waals surface area contributed by atoms with Crippen LogP contribution in [0.2, 0.25) is 0 Å². The lowest BCUT2D eigenvalue weighted by molar-refractivity contribution is 0.0922. The molecule has 0 saturated carbocycles. The van der Waals surface area contributed by atoms with Crippen LogP contribution in [0.5, 0.6) is 0 Å². The van der Waals surface area contributed by atoms with E-state index in [4.69, 9.17) is 4.98 Å². The van der Waals surface area contributed by atoms with E-state index in [0.717, 1.165) is 48.5 Å². The number of carbonyl (C=O) groups excluding carboxylic acids is 1. The average Bonchev–Trinajstić information content (AvgIpc) is 3.26. The van der Waals surface area contributed by atoms with Crippen LogP contribution in [0.15, 0.2) is 60.9 Å². The average molecular weight is 455 g/mol. The molecule has 34 heavy (non-hydrogen) atoms. The van der Waals surface area contributed by atoms with Gasteiger partial charge in [0.2, 0.25) is 5.95 Å². The Morgan fingerprint density at radius 1 is 1.00 bits per heavy atom. The molecule has 6 rings (SSSR count). The lowest BCUT2D eigenvalue weighted by Gasteiger charge is -2.33. The Hall–Kier alpha value is -3.98. The van der Waals surface area contributed by atoms with E-state index in [-0.39, 0.29) is 11.9 Å². The first-order valence-corrected chi connectivity index (χ1v) is 11.5. The molecule has 1 atom stereocenters. The first-order chi connectivity index (χ1) is 16.7. The van der Waals surface area contributed by atoms with Crippen molar-refractivity contribution in [3.63, 3.8) is 0 Å². The minimum Gasteiger partial charge on any atom is -0.368 e. The number of rotatable bonds is 4. The molecule has 1 aromatic carbocycles. The van der Waals surface area contributed by atoms with Crippen molar-refractivity contribution in [2.24, 2.45) is 0 Å². The summed E-state index contributed by atoms with van der Waals surface area (Å²) in [6, 6.07) is 16.0. The fourth-order valence-corrected chi connectivity index (χ4v) is 4.70. The van der Waals surface area contributed by atoms with E-state index < -0.39 is 0 Å². The molecular formula is C25H26N8O. The van der Waals surface area contributed by atoms with Crippen molar-refractivity contribution in [2.45, 2.75) is 6.04 Å². The van der Waals surface area contributed by atoms with Crippen molar-refractivity contribution in [2.75, 3.05) is 50.0 Å². The SMILES string of the molecule is CN1CCN(c2ccc(Nc3ncc4cc5n(c4n3)[C@@H](c3ccccc3)CNC5=O)nc2)CC1. The summed E-state index contributed by atoms with van der Waals surface area (Å²) in [4.78, 5) is 31.1. The summed E-state index contributed by atoms with van der Waals surface area (Å²) in [6.07, 6.45) is 3.64. The molecular weight excluding hydrogens is 428 g/mol. The molecule has 2 aliphatic rings. The summed E-state index contributed by atoms with van der Waals surface area (Å²) >= 11 is 0. The molecule has 172 valence electrons. The number of fused-ring (bicyclic) bond motifs is 3. The molecule has 2 N–H and O–H groups in total. The second kappa shape index (κ2) is 8.42. The second-order valence-electron chi connectivity index (χ2n) is 8.83. The van der Waals surface area contributed by atoms with Crippen LogP contribution in [-0.2, 0) is 0 Å². The van der Waals surface area contributed by atoms with Gasteiger partial charge in [0.25, 0.3) is 5.91 Å². The van der Waals surface area contributed by atoms with Gasteiger partial charge in [-0.1, -0.05) is 30.3 Å². The highest BCUT2D eigenvalue weighted by atomic mass is 16.2. The third-order valence-corrected chi connectivity index (χ3v) is 6.62. The van der Waals surface area contributed by atoms with Crippen molar-refractivity contribution in [1.29, 1.82) is 0 Å². The zero-order chi connectivity index (χ0) is 23.1. The van der Waals surface area contributed by atoms with Crippen LogP contribution in [0.4, 0.5) is 17.5 Å². The maximum atomic E-state index is 12.6. The van der Waals surface area contributed by atoms with Gasteiger partial charge in [-0.3, -0.25) is 4.79 Å². The highest BCUT2D eigenvalue weighted by molar-refractivity contribution is 5.99. The molecule has 0 unspecified atom stereocenters. The molecule has 1 fully saturated rings. The number of hydrogen-bond acceptors (Lipinski definition) is 7.